The van der Waals surface area contributed by atoms with Gasteiger partial charge in [0.15, 0.2) is 5.82 Å². The third-order valence-electron chi connectivity index (χ3n) is 8.38. The molecule has 3 heterocycles. The number of rotatable bonds is 8. The van der Waals surface area contributed by atoms with Gasteiger partial charge in [-0.25, -0.2) is 9.37 Å². The van der Waals surface area contributed by atoms with Crippen molar-refractivity contribution >= 4 is 22.7 Å². The van der Waals surface area contributed by atoms with E-state index in [2.05, 4.69) is 34.3 Å². The highest BCUT2D eigenvalue weighted by Gasteiger charge is 2.36. The van der Waals surface area contributed by atoms with E-state index in [9.17, 15) is 9.90 Å². The van der Waals surface area contributed by atoms with Gasteiger partial charge in [-0.3, -0.25) is 9.48 Å². The Morgan fingerprint density at radius 1 is 1.05 bits per heavy atom. The van der Waals surface area contributed by atoms with Gasteiger partial charge in [-0.2, -0.15) is 5.10 Å². The van der Waals surface area contributed by atoms with Crippen molar-refractivity contribution in [2.45, 2.75) is 64.0 Å². The molecular weight excluding hydrogens is 509 g/mol. The standard InChI is InChI=1S/C31H36FN5O3/c1-35-16-13-22(34-35)20-40-24-17-27(32)29-28(18-24)37(30(33-29)25-7-3-4-8-26(25)31(38)39)19-21-9-11-23(12-10-21)36-14-5-2-6-15-36/h9-13,16-18,25-26H,2-8,14-15,19-20H2,1H3,(H,38,39)/t25-,26+/m0/s1. The van der Waals surface area contributed by atoms with Crippen LogP contribution in [0, 0.1) is 11.7 Å². The Kier molecular flexibility index (Phi) is 7.45. The number of hydrogen-bond donors (Lipinski definition) is 1. The first-order valence-corrected chi connectivity index (χ1v) is 14.3. The van der Waals surface area contributed by atoms with E-state index in [1.807, 2.05) is 29.9 Å². The van der Waals surface area contributed by atoms with Gasteiger partial charge in [0.05, 0.1) is 17.1 Å². The van der Waals surface area contributed by atoms with Crippen LogP contribution in [0.3, 0.4) is 0 Å². The van der Waals surface area contributed by atoms with Crippen molar-refractivity contribution < 1.29 is 19.0 Å². The van der Waals surface area contributed by atoms with Crippen LogP contribution in [0.25, 0.3) is 11.0 Å². The van der Waals surface area contributed by atoms with Gasteiger partial charge in [0.2, 0.25) is 0 Å². The average Bonchev–Trinajstić information content (AvgIpc) is 3.56. The molecule has 40 heavy (non-hydrogen) atoms. The zero-order chi connectivity index (χ0) is 27.6. The molecule has 1 saturated carbocycles. The third-order valence-corrected chi connectivity index (χ3v) is 8.38. The lowest BCUT2D eigenvalue weighted by Crippen LogP contribution is -2.29. The maximum absolute atomic E-state index is 15.5. The zero-order valence-electron chi connectivity index (χ0n) is 22.9. The average molecular weight is 546 g/mol. The summed E-state index contributed by atoms with van der Waals surface area (Å²) in [7, 11) is 1.84. The summed E-state index contributed by atoms with van der Waals surface area (Å²) in [6.45, 7) is 2.84. The Balaban J connectivity index is 1.37. The number of carboxylic acids is 1. The second kappa shape index (κ2) is 11.3. The van der Waals surface area contributed by atoms with Crippen LogP contribution in [-0.4, -0.2) is 43.5 Å². The second-order valence-corrected chi connectivity index (χ2v) is 11.1. The molecular formula is C31H36FN5O3. The topological polar surface area (TPSA) is 85.4 Å². The van der Waals surface area contributed by atoms with Gasteiger partial charge in [-0.15, -0.1) is 0 Å². The van der Waals surface area contributed by atoms with Gasteiger partial charge in [0.1, 0.15) is 23.7 Å². The van der Waals surface area contributed by atoms with Crippen molar-refractivity contribution in [1.29, 1.82) is 0 Å². The van der Waals surface area contributed by atoms with Crippen molar-refractivity contribution in [1.82, 2.24) is 19.3 Å². The number of piperidine rings is 1. The summed E-state index contributed by atoms with van der Waals surface area (Å²) < 4.78 is 25.1. The molecule has 8 nitrogen and oxygen atoms in total. The number of fused-ring (bicyclic) bond motifs is 1. The van der Waals surface area contributed by atoms with Crippen molar-refractivity contribution in [3.63, 3.8) is 0 Å². The Morgan fingerprint density at radius 2 is 1.82 bits per heavy atom. The van der Waals surface area contributed by atoms with E-state index in [-0.39, 0.29) is 18.0 Å². The molecule has 1 N–H and O–H groups in total. The first-order chi connectivity index (χ1) is 19.5. The highest BCUT2D eigenvalue weighted by molar-refractivity contribution is 5.79. The SMILES string of the molecule is Cn1ccc(COc2cc(F)c3nc([C@H]4CCCC[C@H]4C(=O)O)n(Cc4ccc(N5CCCCC5)cc4)c3c2)n1. The fourth-order valence-electron chi connectivity index (χ4n) is 6.29. The van der Waals surface area contributed by atoms with E-state index in [1.54, 1.807) is 4.68 Å². The summed E-state index contributed by atoms with van der Waals surface area (Å²) in [5.41, 5.74) is 3.89. The fourth-order valence-corrected chi connectivity index (χ4v) is 6.29. The number of carboxylic acid groups (broad SMARTS) is 1. The lowest BCUT2D eigenvalue weighted by atomic mass is 9.78. The summed E-state index contributed by atoms with van der Waals surface area (Å²) in [6, 6.07) is 13.6. The van der Waals surface area contributed by atoms with Crippen LogP contribution in [0.4, 0.5) is 10.1 Å². The number of aromatic nitrogens is 4. The predicted molar refractivity (Wildman–Crippen MR) is 151 cm³/mol. The number of benzene rings is 2. The van der Waals surface area contributed by atoms with Gasteiger partial charge in [-0.05, 0) is 55.9 Å². The van der Waals surface area contributed by atoms with Gasteiger partial charge < -0.3 is 19.3 Å². The van der Waals surface area contributed by atoms with E-state index in [0.717, 1.165) is 43.6 Å². The Labute approximate surface area is 233 Å². The molecule has 9 heteroatoms. The van der Waals surface area contributed by atoms with Crippen LogP contribution in [0.15, 0.2) is 48.7 Å². The first kappa shape index (κ1) is 26.3. The van der Waals surface area contributed by atoms with Crippen LogP contribution in [0.1, 0.15) is 67.9 Å². The molecule has 0 unspecified atom stereocenters. The van der Waals surface area contributed by atoms with E-state index >= 15 is 4.39 Å². The minimum atomic E-state index is -0.811. The highest BCUT2D eigenvalue weighted by Crippen LogP contribution is 2.40. The van der Waals surface area contributed by atoms with Crippen molar-refractivity contribution in [3.05, 3.63) is 71.6 Å². The van der Waals surface area contributed by atoms with Crippen molar-refractivity contribution in [3.8, 4) is 5.75 Å². The van der Waals surface area contributed by atoms with Gasteiger partial charge in [0.25, 0.3) is 0 Å². The van der Waals surface area contributed by atoms with Crippen LogP contribution < -0.4 is 9.64 Å². The Hall–Kier alpha value is -3.88. The molecule has 0 bridgehead atoms. The van der Waals surface area contributed by atoms with Crippen LogP contribution in [0.2, 0.25) is 0 Å². The first-order valence-electron chi connectivity index (χ1n) is 14.3. The van der Waals surface area contributed by atoms with Gasteiger partial charge >= 0.3 is 5.97 Å². The summed E-state index contributed by atoms with van der Waals surface area (Å²) in [5, 5.41) is 14.4. The number of anilines is 1. The quantitative estimate of drug-likeness (QED) is 0.297. The lowest BCUT2D eigenvalue weighted by Gasteiger charge is -2.29. The van der Waals surface area contributed by atoms with Crippen molar-refractivity contribution in [2.24, 2.45) is 13.0 Å². The molecule has 2 fully saturated rings. The summed E-state index contributed by atoms with van der Waals surface area (Å²) in [4.78, 5) is 19.4. The van der Waals surface area contributed by atoms with E-state index in [4.69, 9.17) is 9.72 Å². The number of ether oxygens (including phenoxy) is 1. The number of aryl methyl sites for hydroxylation is 1. The fraction of sp³-hybridized carbons (Fsp3) is 0.452. The largest absolute Gasteiger partial charge is 0.487 e. The zero-order valence-corrected chi connectivity index (χ0v) is 22.9. The van der Waals surface area contributed by atoms with Crippen LogP contribution in [0.5, 0.6) is 5.75 Å². The number of imidazole rings is 1. The number of halogens is 1. The second-order valence-electron chi connectivity index (χ2n) is 11.1. The minimum absolute atomic E-state index is 0.217. The summed E-state index contributed by atoms with van der Waals surface area (Å²) >= 11 is 0. The molecule has 2 aromatic carbocycles. The molecule has 1 aliphatic carbocycles. The van der Waals surface area contributed by atoms with Crippen LogP contribution in [-0.2, 0) is 25.0 Å². The molecule has 4 aromatic rings. The highest BCUT2D eigenvalue weighted by atomic mass is 19.1. The molecule has 2 aliphatic rings. The monoisotopic (exact) mass is 545 g/mol. The lowest BCUT2D eigenvalue weighted by molar-refractivity contribution is -0.143. The van der Waals surface area contributed by atoms with Crippen molar-refractivity contribution in [2.75, 3.05) is 18.0 Å². The van der Waals surface area contributed by atoms with Gasteiger partial charge in [0, 0.05) is 56.6 Å². The molecule has 0 radical (unpaired) electrons. The molecule has 1 saturated heterocycles. The number of carbonyl (C=O) groups is 1. The summed E-state index contributed by atoms with van der Waals surface area (Å²) in [6.07, 6.45) is 8.70. The minimum Gasteiger partial charge on any atom is -0.487 e. The molecule has 0 spiro atoms. The van der Waals surface area contributed by atoms with Crippen LogP contribution >= 0.6 is 0 Å². The molecule has 0 amide bonds. The molecule has 6 rings (SSSR count). The predicted octanol–water partition coefficient (Wildman–Crippen LogP) is 5.88. The van der Waals surface area contributed by atoms with E-state index in [0.29, 0.717) is 30.1 Å². The molecule has 1 aliphatic heterocycles. The normalized spacial score (nSPS) is 19.7. The third kappa shape index (κ3) is 5.42. The number of aliphatic carboxylic acids is 1. The Morgan fingerprint density at radius 3 is 2.55 bits per heavy atom. The van der Waals surface area contributed by atoms with E-state index in [1.165, 1.54) is 31.0 Å². The number of hydrogen-bond acceptors (Lipinski definition) is 5. The molecule has 2 atom stereocenters. The number of nitrogens with zero attached hydrogens (tertiary/aromatic N) is 5. The molecule has 2 aromatic heterocycles. The summed E-state index contributed by atoms with van der Waals surface area (Å²) in [5.74, 6) is -1.06. The smallest absolute Gasteiger partial charge is 0.307 e. The van der Waals surface area contributed by atoms with E-state index < -0.39 is 17.7 Å². The maximum atomic E-state index is 15.5. The molecule has 210 valence electrons. The Bertz CT molecular complexity index is 1490. The maximum Gasteiger partial charge on any atom is 0.307 e. The van der Waals surface area contributed by atoms with Gasteiger partial charge in [-0.1, -0.05) is 25.0 Å².